The van der Waals surface area contributed by atoms with Crippen LogP contribution < -0.4 is 10.0 Å². The average Bonchev–Trinajstić information content (AvgIpc) is 2.94. The van der Waals surface area contributed by atoms with Gasteiger partial charge in [0.15, 0.2) is 0 Å². The summed E-state index contributed by atoms with van der Waals surface area (Å²) in [6, 6.07) is 24.2. The zero-order valence-electron chi connectivity index (χ0n) is 20.4. The lowest BCUT2D eigenvalue weighted by Crippen LogP contribution is -2.40. The Bertz CT molecular complexity index is 1450. The van der Waals surface area contributed by atoms with Gasteiger partial charge in [0.25, 0.3) is 11.8 Å². The molecule has 0 saturated carbocycles. The Morgan fingerprint density at radius 3 is 2.29 bits per heavy atom. The van der Waals surface area contributed by atoms with Crippen LogP contribution in [0.15, 0.2) is 83.8 Å². The number of fused-ring (bicyclic) bond motifs is 1. The molecule has 0 bridgehead atoms. The van der Waals surface area contributed by atoms with Crippen LogP contribution in [0.1, 0.15) is 26.3 Å². The lowest BCUT2D eigenvalue weighted by atomic mass is 10.0. The molecule has 4 aromatic rings. The van der Waals surface area contributed by atoms with E-state index in [1.807, 2.05) is 60.7 Å². The van der Waals surface area contributed by atoms with Gasteiger partial charge in [-0.25, -0.2) is 0 Å². The van der Waals surface area contributed by atoms with Crippen LogP contribution in [0.3, 0.4) is 0 Å². The summed E-state index contributed by atoms with van der Waals surface area (Å²) in [7, 11) is 0. The second-order valence-corrected chi connectivity index (χ2v) is 10.6. The quantitative estimate of drug-likeness (QED) is 0.245. The minimum Gasteiger partial charge on any atom is -0.378 e. The topological polar surface area (TPSA) is 70.7 Å². The molecule has 9 heteroatoms. The molecule has 0 unspecified atom stereocenters. The summed E-state index contributed by atoms with van der Waals surface area (Å²) in [4.78, 5) is 28.5. The molecule has 1 heterocycles. The third-order valence-corrected chi connectivity index (χ3v) is 7.46. The normalized spacial score (nSPS) is 13.4. The molecule has 38 heavy (non-hydrogen) atoms. The Morgan fingerprint density at radius 1 is 0.868 bits per heavy atom. The Morgan fingerprint density at radius 2 is 1.55 bits per heavy atom. The van der Waals surface area contributed by atoms with Gasteiger partial charge in [-0.3, -0.25) is 9.59 Å². The lowest BCUT2D eigenvalue weighted by molar-refractivity contribution is 0.0303. The van der Waals surface area contributed by atoms with Crippen LogP contribution in [0, 0.1) is 0 Å². The smallest absolute Gasteiger partial charge is 0.254 e. The Balaban J connectivity index is 1.25. The van der Waals surface area contributed by atoms with E-state index in [1.165, 1.54) is 11.9 Å². The third-order valence-electron chi connectivity index (χ3n) is 6.23. The maximum absolute atomic E-state index is 13.1. The van der Waals surface area contributed by atoms with Crippen molar-refractivity contribution in [1.82, 2.24) is 10.2 Å². The van der Waals surface area contributed by atoms with Crippen LogP contribution in [0.5, 0.6) is 0 Å². The second kappa shape index (κ2) is 12.1. The molecule has 0 atom stereocenters. The van der Waals surface area contributed by atoms with Gasteiger partial charge in [0, 0.05) is 51.1 Å². The van der Waals surface area contributed by atoms with Crippen molar-refractivity contribution in [2.75, 3.05) is 31.0 Å². The van der Waals surface area contributed by atoms with Crippen LogP contribution >= 0.6 is 35.1 Å². The van der Waals surface area contributed by atoms with Crippen LogP contribution in [0.25, 0.3) is 10.8 Å². The highest BCUT2D eigenvalue weighted by atomic mass is 35.5. The van der Waals surface area contributed by atoms with Crippen LogP contribution in [0.2, 0.25) is 10.0 Å². The number of hydrogen-bond acceptors (Lipinski definition) is 5. The summed E-state index contributed by atoms with van der Waals surface area (Å²) >= 11 is 13.6. The van der Waals surface area contributed by atoms with Crippen molar-refractivity contribution in [2.24, 2.45) is 0 Å². The van der Waals surface area contributed by atoms with Gasteiger partial charge in [0.2, 0.25) is 0 Å². The van der Waals surface area contributed by atoms with E-state index in [0.29, 0.717) is 54.0 Å². The number of ether oxygens (including phenoxy) is 1. The van der Waals surface area contributed by atoms with Crippen molar-refractivity contribution in [1.29, 1.82) is 0 Å². The number of benzene rings is 4. The van der Waals surface area contributed by atoms with Crippen LogP contribution in [-0.4, -0.2) is 43.0 Å². The van der Waals surface area contributed by atoms with Crippen LogP contribution in [0.4, 0.5) is 5.69 Å². The summed E-state index contributed by atoms with van der Waals surface area (Å²) in [5.74, 6) is -0.170. The first-order valence-corrected chi connectivity index (χ1v) is 13.7. The van der Waals surface area contributed by atoms with Gasteiger partial charge in [0.05, 0.1) is 18.9 Å². The summed E-state index contributed by atoms with van der Waals surface area (Å²) < 4.78 is 8.67. The summed E-state index contributed by atoms with van der Waals surface area (Å²) in [5.41, 5.74) is 3.00. The predicted molar refractivity (Wildman–Crippen MR) is 154 cm³/mol. The van der Waals surface area contributed by atoms with Crippen LogP contribution in [-0.2, 0) is 11.3 Å². The van der Waals surface area contributed by atoms with Gasteiger partial charge >= 0.3 is 0 Å². The average molecular weight is 567 g/mol. The van der Waals surface area contributed by atoms with Crippen molar-refractivity contribution in [2.45, 2.75) is 11.4 Å². The number of nitrogens with zero attached hydrogens (tertiary/aromatic N) is 1. The first kappa shape index (κ1) is 26.4. The molecule has 4 aromatic carbocycles. The van der Waals surface area contributed by atoms with E-state index < -0.39 is 0 Å². The molecule has 1 aliphatic rings. The van der Waals surface area contributed by atoms with Crippen molar-refractivity contribution >= 4 is 63.4 Å². The number of anilines is 1. The second-order valence-electron chi connectivity index (χ2n) is 8.80. The number of carbonyl (C=O) groups excluding carboxylic acids is 2. The van der Waals surface area contributed by atoms with E-state index in [1.54, 1.807) is 23.1 Å². The van der Waals surface area contributed by atoms with Gasteiger partial charge in [-0.05, 0) is 65.4 Å². The Hall–Kier alpha value is -3.23. The zero-order valence-corrected chi connectivity index (χ0v) is 22.7. The number of amides is 2. The number of halogens is 2. The maximum atomic E-state index is 13.1. The monoisotopic (exact) mass is 565 g/mol. The molecule has 0 aliphatic carbocycles. The highest BCUT2D eigenvalue weighted by Crippen LogP contribution is 2.32. The highest BCUT2D eigenvalue weighted by Gasteiger charge is 2.18. The minimum atomic E-state index is -0.171. The van der Waals surface area contributed by atoms with E-state index in [-0.39, 0.29) is 11.8 Å². The Kier molecular flexibility index (Phi) is 8.39. The molecule has 1 saturated heterocycles. The van der Waals surface area contributed by atoms with Crippen molar-refractivity contribution < 1.29 is 14.3 Å². The Labute approximate surface area is 235 Å². The largest absolute Gasteiger partial charge is 0.378 e. The van der Waals surface area contributed by atoms with Gasteiger partial charge in [-0.15, -0.1) is 0 Å². The SMILES string of the molecule is O=C(NCc1ccc(C(=O)N2CCOCC2)cc1)c1cccc2c(NSc3cc(Cl)cc(Cl)c3)cccc12. The highest BCUT2D eigenvalue weighted by molar-refractivity contribution is 8.00. The van der Waals surface area contributed by atoms with E-state index in [2.05, 4.69) is 10.0 Å². The fourth-order valence-electron chi connectivity index (χ4n) is 4.29. The van der Waals surface area contributed by atoms with Gasteiger partial charge in [-0.1, -0.05) is 59.6 Å². The van der Waals surface area contributed by atoms with E-state index in [9.17, 15) is 9.59 Å². The fourth-order valence-corrected chi connectivity index (χ4v) is 5.72. The maximum Gasteiger partial charge on any atom is 0.254 e. The molecule has 0 spiro atoms. The molecule has 2 N–H and O–H groups in total. The number of hydrogen-bond donors (Lipinski definition) is 2. The van der Waals surface area contributed by atoms with Gasteiger partial charge < -0.3 is 19.7 Å². The first-order valence-electron chi connectivity index (χ1n) is 12.1. The van der Waals surface area contributed by atoms with Gasteiger partial charge in [0.1, 0.15) is 0 Å². The first-order chi connectivity index (χ1) is 18.5. The van der Waals surface area contributed by atoms with E-state index in [0.717, 1.165) is 26.9 Å². The number of carbonyl (C=O) groups is 2. The summed E-state index contributed by atoms with van der Waals surface area (Å²) in [6.45, 7) is 2.69. The zero-order chi connectivity index (χ0) is 26.5. The van der Waals surface area contributed by atoms with E-state index >= 15 is 0 Å². The van der Waals surface area contributed by atoms with Crippen molar-refractivity contribution in [3.63, 3.8) is 0 Å². The molecule has 2 amide bonds. The molecule has 194 valence electrons. The number of rotatable bonds is 7. The minimum absolute atomic E-state index is 0.000627. The molecule has 6 nitrogen and oxygen atoms in total. The summed E-state index contributed by atoms with van der Waals surface area (Å²) in [6.07, 6.45) is 0. The lowest BCUT2D eigenvalue weighted by Gasteiger charge is -2.26. The molecular formula is C29H25Cl2N3O3S. The molecular weight excluding hydrogens is 541 g/mol. The summed E-state index contributed by atoms with van der Waals surface area (Å²) in [5, 5.41) is 5.90. The number of nitrogens with one attached hydrogen (secondary N) is 2. The predicted octanol–water partition coefficient (Wildman–Crippen LogP) is 6.67. The van der Waals surface area contributed by atoms with Crippen molar-refractivity contribution in [3.8, 4) is 0 Å². The van der Waals surface area contributed by atoms with Crippen molar-refractivity contribution in [3.05, 3.63) is 106 Å². The molecule has 5 rings (SSSR count). The molecule has 0 radical (unpaired) electrons. The van der Waals surface area contributed by atoms with Gasteiger partial charge in [-0.2, -0.15) is 0 Å². The standard InChI is InChI=1S/C29H25Cl2N3O3S/c30-21-15-22(31)17-23(16-21)38-33-27-6-2-3-24-25(27)4-1-5-26(24)28(35)32-18-19-7-9-20(10-8-19)29(36)34-11-13-37-14-12-34/h1-10,15-17,33H,11-14,18H2,(H,32,35). The third kappa shape index (κ3) is 6.25. The molecule has 1 aliphatic heterocycles. The molecule has 1 fully saturated rings. The molecule has 0 aromatic heterocycles. The van der Waals surface area contributed by atoms with E-state index in [4.69, 9.17) is 27.9 Å². The fraction of sp³-hybridized carbons (Fsp3) is 0.172. The number of morpholine rings is 1.